The van der Waals surface area contributed by atoms with E-state index in [0.29, 0.717) is 28.8 Å². The van der Waals surface area contributed by atoms with Crippen LogP contribution in [0.25, 0.3) is 33.5 Å². The normalized spacial score (nSPS) is 10.8. The Labute approximate surface area is 219 Å². The van der Waals surface area contributed by atoms with Crippen molar-refractivity contribution in [2.45, 2.75) is 19.5 Å². The number of amides is 2. The van der Waals surface area contributed by atoms with Crippen molar-refractivity contribution < 1.29 is 14.7 Å². The van der Waals surface area contributed by atoms with Crippen LogP contribution in [0.3, 0.4) is 0 Å². The monoisotopic (exact) mass is 506 g/mol. The Morgan fingerprint density at radius 3 is 2.29 bits per heavy atom. The molecule has 3 aromatic carbocycles. The molecule has 0 atom stereocenters. The van der Waals surface area contributed by atoms with Crippen LogP contribution in [-0.4, -0.2) is 43.2 Å². The van der Waals surface area contributed by atoms with Gasteiger partial charge in [-0.1, -0.05) is 54.6 Å². The van der Waals surface area contributed by atoms with Crippen LogP contribution in [0.2, 0.25) is 0 Å². The molecule has 0 unspecified atom stereocenters. The third-order valence-electron chi connectivity index (χ3n) is 6.08. The highest BCUT2D eigenvalue weighted by atomic mass is 16.4. The number of benzene rings is 3. The fourth-order valence-electron chi connectivity index (χ4n) is 4.14. The lowest BCUT2D eigenvalue weighted by Crippen LogP contribution is -2.25. The number of hydrogen-bond donors (Lipinski definition) is 3. The number of nitrogens with one attached hydrogen (secondary N) is 2. The van der Waals surface area contributed by atoms with Gasteiger partial charge in [-0.15, -0.1) is 0 Å². The average Bonchev–Trinajstić information content (AvgIpc) is 3.47. The van der Waals surface area contributed by atoms with Gasteiger partial charge in [0.15, 0.2) is 0 Å². The highest BCUT2D eigenvalue weighted by Crippen LogP contribution is 2.31. The topological polar surface area (TPSA) is 122 Å². The minimum absolute atomic E-state index is 0.164. The second-order valence-corrected chi connectivity index (χ2v) is 8.76. The Morgan fingerprint density at radius 2 is 1.58 bits per heavy atom. The molecule has 5 rings (SSSR count). The van der Waals surface area contributed by atoms with E-state index < -0.39 is 6.09 Å². The average molecular weight is 507 g/mol. The molecule has 2 aromatic heterocycles. The van der Waals surface area contributed by atoms with Crippen LogP contribution in [0.15, 0.2) is 91.5 Å². The summed E-state index contributed by atoms with van der Waals surface area (Å²) in [5.41, 5.74) is 5.82. The minimum Gasteiger partial charge on any atom is -0.465 e. The molecule has 38 heavy (non-hydrogen) atoms. The lowest BCUT2D eigenvalue weighted by Gasteiger charge is -2.12. The summed E-state index contributed by atoms with van der Waals surface area (Å²) < 4.78 is 1.97. The highest BCUT2D eigenvalue weighted by Gasteiger charge is 2.15. The molecule has 9 heteroatoms. The fourth-order valence-corrected chi connectivity index (χ4v) is 4.14. The largest absolute Gasteiger partial charge is 0.465 e. The maximum Gasteiger partial charge on any atom is 0.404 e. The first-order valence-corrected chi connectivity index (χ1v) is 12.2. The van der Waals surface area contributed by atoms with E-state index in [9.17, 15) is 9.59 Å². The van der Waals surface area contributed by atoms with E-state index in [2.05, 4.69) is 15.6 Å². The molecule has 5 aromatic rings. The maximum absolute atomic E-state index is 12.8. The molecule has 190 valence electrons. The molecule has 0 bridgehead atoms. The van der Waals surface area contributed by atoms with Crippen LogP contribution in [0.1, 0.15) is 22.3 Å². The van der Waals surface area contributed by atoms with Gasteiger partial charge in [0.05, 0.1) is 28.7 Å². The van der Waals surface area contributed by atoms with Gasteiger partial charge in [0.25, 0.3) is 5.91 Å². The number of rotatable bonds is 9. The summed E-state index contributed by atoms with van der Waals surface area (Å²) in [4.78, 5) is 37.5. The van der Waals surface area contributed by atoms with Gasteiger partial charge in [0.2, 0.25) is 0 Å². The van der Waals surface area contributed by atoms with E-state index in [1.54, 1.807) is 24.7 Å². The molecule has 0 aliphatic heterocycles. The van der Waals surface area contributed by atoms with Crippen molar-refractivity contribution in [3.8, 4) is 22.5 Å². The van der Waals surface area contributed by atoms with Gasteiger partial charge in [-0.2, -0.15) is 0 Å². The molecule has 0 radical (unpaired) electrons. The predicted octanol–water partition coefficient (Wildman–Crippen LogP) is 4.75. The first kappa shape index (κ1) is 24.6. The number of carbonyl (C=O) groups is 2. The van der Waals surface area contributed by atoms with Crippen molar-refractivity contribution in [1.82, 2.24) is 30.2 Å². The van der Waals surface area contributed by atoms with Crippen molar-refractivity contribution >= 4 is 23.0 Å². The zero-order chi connectivity index (χ0) is 26.3. The van der Waals surface area contributed by atoms with Crippen LogP contribution < -0.4 is 10.6 Å². The summed E-state index contributed by atoms with van der Waals surface area (Å²) >= 11 is 0. The molecule has 2 heterocycles. The molecule has 0 fully saturated rings. The predicted molar refractivity (Wildman–Crippen MR) is 144 cm³/mol. The van der Waals surface area contributed by atoms with Gasteiger partial charge in [-0.05, 0) is 30.2 Å². The van der Waals surface area contributed by atoms with Gasteiger partial charge in [-0.25, -0.2) is 19.7 Å². The summed E-state index contributed by atoms with van der Waals surface area (Å²) in [6, 6.07) is 22.7. The van der Waals surface area contributed by atoms with Crippen molar-refractivity contribution in [2.24, 2.45) is 0 Å². The number of imidazole rings is 1. The number of carboxylic acid groups (broad SMARTS) is 1. The number of aryl methyl sites for hydroxylation is 1. The fraction of sp³-hybridized carbons (Fsp3) is 0.138. The molecular weight excluding hydrogens is 480 g/mol. The minimum atomic E-state index is -1.07. The van der Waals surface area contributed by atoms with Gasteiger partial charge in [-0.3, -0.25) is 4.79 Å². The molecule has 0 aliphatic rings. The standard InChI is InChI=1S/C29H26N6O3/c36-28(31-13-4-15-35-16-14-30-19-35)23-11-12-24-25(17-23)34-27(26(33-24)21-5-2-1-3-6-21)22-9-7-20(8-10-22)18-32-29(37)38/h1-3,5-12,14,16-17,19,32H,4,13,15,18H2,(H,31,36)(H,37,38). The second kappa shape index (κ2) is 11.3. The van der Waals surface area contributed by atoms with Crippen molar-refractivity contribution in [3.05, 3.63) is 103 Å². The Hall–Kier alpha value is -5.05. The molecule has 0 aliphatic carbocycles. The van der Waals surface area contributed by atoms with E-state index in [0.717, 1.165) is 35.3 Å². The number of nitrogens with zero attached hydrogens (tertiary/aromatic N) is 4. The summed E-state index contributed by atoms with van der Waals surface area (Å²) in [5, 5.41) is 14.2. The third-order valence-corrected chi connectivity index (χ3v) is 6.08. The zero-order valence-corrected chi connectivity index (χ0v) is 20.5. The Morgan fingerprint density at radius 1 is 0.842 bits per heavy atom. The van der Waals surface area contributed by atoms with E-state index in [1.807, 2.05) is 71.4 Å². The summed E-state index contributed by atoms with van der Waals surface area (Å²) in [6.07, 6.45) is 5.10. The zero-order valence-electron chi connectivity index (χ0n) is 20.5. The molecule has 2 amide bonds. The molecule has 0 saturated heterocycles. The number of fused-ring (bicyclic) bond motifs is 1. The molecule has 9 nitrogen and oxygen atoms in total. The van der Waals surface area contributed by atoms with E-state index in [-0.39, 0.29) is 12.5 Å². The Balaban J connectivity index is 1.42. The molecular formula is C29H26N6O3. The molecule has 3 N–H and O–H groups in total. The van der Waals surface area contributed by atoms with Gasteiger partial charge in [0.1, 0.15) is 0 Å². The Bertz CT molecular complexity index is 1550. The van der Waals surface area contributed by atoms with E-state index >= 15 is 0 Å². The summed E-state index contributed by atoms with van der Waals surface area (Å²) in [5.74, 6) is -0.164. The first-order chi connectivity index (χ1) is 18.6. The summed E-state index contributed by atoms with van der Waals surface area (Å²) in [6.45, 7) is 1.54. The first-order valence-electron chi connectivity index (χ1n) is 12.2. The lowest BCUT2D eigenvalue weighted by molar-refractivity contribution is 0.0952. The van der Waals surface area contributed by atoms with Crippen molar-refractivity contribution in [1.29, 1.82) is 0 Å². The molecule has 0 spiro atoms. The van der Waals surface area contributed by atoms with Crippen LogP contribution in [0.5, 0.6) is 0 Å². The van der Waals surface area contributed by atoms with Crippen LogP contribution in [0, 0.1) is 0 Å². The van der Waals surface area contributed by atoms with Crippen molar-refractivity contribution in [2.75, 3.05) is 6.54 Å². The Kier molecular flexibility index (Phi) is 7.35. The van der Waals surface area contributed by atoms with E-state index in [1.165, 1.54) is 0 Å². The smallest absolute Gasteiger partial charge is 0.404 e. The van der Waals surface area contributed by atoms with Crippen LogP contribution in [0.4, 0.5) is 4.79 Å². The van der Waals surface area contributed by atoms with Crippen molar-refractivity contribution in [3.63, 3.8) is 0 Å². The number of hydrogen-bond acceptors (Lipinski definition) is 5. The van der Waals surface area contributed by atoms with Crippen LogP contribution in [-0.2, 0) is 13.1 Å². The van der Waals surface area contributed by atoms with Gasteiger partial charge < -0.3 is 20.3 Å². The quantitative estimate of drug-likeness (QED) is 0.248. The molecule has 0 saturated carbocycles. The van der Waals surface area contributed by atoms with Gasteiger partial charge >= 0.3 is 6.09 Å². The van der Waals surface area contributed by atoms with Crippen LogP contribution >= 0.6 is 0 Å². The number of aromatic nitrogens is 4. The SMILES string of the molecule is O=C(O)NCc1ccc(-c2nc3cc(C(=O)NCCCn4ccnc4)ccc3nc2-c2ccccc2)cc1. The third kappa shape index (κ3) is 5.84. The highest BCUT2D eigenvalue weighted by molar-refractivity contribution is 5.98. The summed E-state index contributed by atoms with van der Waals surface area (Å²) in [7, 11) is 0. The second-order valence-electron chi connectivity index (χ2n) is 8.76. The van der Waals surface area contributed by atoms with E-state index in [4.69, 9.17) is 15.1 Å². The number of carbonyl (C=O) groups excluding carboxylic acids is 1. The maximum atomic E-state index is 12.8. The lowest BCUT2D eigenvalue weighted by atomic mass is 10.0. The van der Waals surface area contributed by atoms with Gasteiger partial charge in [0, 0.05) is 48.7 Å².